The van der Waals surface area contributed by atoms with E-state index in [0.717, 1.165) is 13.1 Å². The van der Waals surface area contributed by atoms with Crippen LogP contribution in [-0.4, -0.2) is 19.1 Å². The lowest BCUT2D eigenvalue weighted by Gasteiger charge is -2.25. The number of anilines is 1. The van der Waals surface area contributed by atoms with Crippen molar-refractivity contribution in [1.29, 1.82) is 0 Å². The maximum absolute atomic E-state index is 6.14. The first kappa shape index (κ1) is 12.4. The molecule has 0 heterocycles. The number of nitrogens with zero attached hydrogens (tertiary/aromatic N) is 1. The minimum atomic E-state index is 0.259. The number of hydrogen-bond donors (Lipinski definition) is 1. The topological polar surface area (TPSA) is 29.3 Å². The molecule has 2 nitrogen and oxygen atoms in total. The van der Waals surface area contributed by atoms with Gasteiger partial charge in [0, 0.05) is 30.2 Å². The van der Waals surface area contributed by atoms with Gasteiger partial charge in [0.25, 0.3) is 0 Å². The van der Waals surface area contributed by atoms with Gasteiger partial charge in [-0.15, -0.1) is 0 Å². The van der Waals surface area contributed by atoms with E-state index in [1.165, 1.54) is 24.1 Å². The lowest BCUT2D eigenvalue weighted by molar-refractivity contribution is 0.556. The highest BCUT2D eigenvalue weighted by Gasteiger charge is 2.47. The lowest BCUT2D eigenvalue weighted by Crippen LogP contribution is -2.31. The highest BCUT2D eigenvalue weighted by molar-refractivity contribution is 5.51. The second-order valence-electron chi connectivity index (χ2n) is 5.17. The second kappa shape index (κ2) is 4.69. The molecule has 0 bridgehead atoms. The third kappa shape index (κ3) is 2.19. The molecule has 1 aromatic carbocycles. The summed E-state index contributed by atoms with van der Waals surface area (Å²) in [6.07, 6.45) is 2.48. The fourth-order valence-electron chi connectivity index (χ4n) is 2.74. The van der Waals surface area contributed by atoms with Gasteiger partial charge in [-0.05, 0) is 51.3 Å². The zero-order valence-corrected chi connectivity index (χ0v) is 11.2. The summed E-state index contributed by atoms with van der Waals surface area (Å²) in [5.41, 5.74) is 9.17. The molecule has 0 radical (unpaired) electrons. The highest BCUT2D eigenvalue weighted by atomic mass is 15.1. The van der Waals surface area contributed by atoms with E-state index in [-0.39, 0.29) is 11.5 Å². The van der Waals surface area contributed by atoms with E-state index >= 15 is 0 Å². The molecule has 2 heteroatoms. The third-order valence-electron chi connectivity index (χ3n) is 4.21. The van der Waals surface area contributed by atoms with E-state index in [1.807, 2.05) is 0 Å². The predicted octanol–water partition coefficient (Wildman–Crippen LogP) is 2.91. The quantitative estimate of drug-likeness (QED) is 0.846. The Hall–Kier alpha value is -1.02. The summed E-state index contributed by atoms with van der Waals surface area (Å²) < 4.78 is 0. The molecule has 2 rings (SSSR count). The van der Waals surface area contributed by atoms with Crippen molar-refractivity contribution in [3.63, 3.8) is 0 Å². The van der Waals surface area contributed by atoms with Gasteiger partial charge in [0.15, 0.2) is 0 Å². The first-order chi connectivity index (χ1) is 8.14. The molecule has 0 amide bonds. The van der Waals surface area contributed by atoms with Crippen LogP contribution in [0, 0.1) is 0 Å². The zero-order chi connectivity index (χ0) is 12.5. The van der Waals surface area contributed by atoms with E-state index in [2.05, 4.69) is 49.9 Å². The van der Waals surface area contributed by atoms with Crippen molar-refractivity contribution in [1.82, 2.24) is 0 Å². The van der Waals surface area contributed by atoms with Crippen molar-refractivity contribution in [2.45, 2.75) is 45.1 Å². The summed E-state index contributed by atoms with van der Waals surface area (Å²) in [4.78, 5) is 2.39. The molecule has 2 N–H and O–H groups in total. The number of benzene rings is 1. The molecular formula is C15H24N2. The largest absolute Gasteiger partial charge is 0.372 e. The van der Waals surface area contributed by atoms with Gasteiger partial charge in [0.1, 0.15) is 0 Å². The summed E-state index contributed by atoms with van der Waals surface area (Å²) in [6, 6.07) is 9.21. The van der Waals surface area contributed by atoms with Gasteiger partial charge in [0.05, 0.1) is 0 Å². The Kier molecular flexibility index (Phi) is 3.43. The highest BCUT2D eigenvalue weighted by Crippen LogP contribution is 2.50. The Morgan fingerprint density at radius 2 is 1.94 bits per heavy atom. The Morgan fingerprint density at radius 1 is 1.29 bits per heavy atom. The Morgan fingerprint density at radius 3 is 2.41 bits per heavy atom. The summed E-state index contributed by atoms with van der Waals surface area (Å²) >= 11 is 0. The molecule has 1 aliphatic carbocycles. The second-order valence-corrected chi connectivity index (χ2v) is 5.17. The molecule has 1 saturated carbocycles. The molecular weight excluding hydrogens is 208 g/mol. The van der Waals surface area contributed by atoms with Crippen molar-refractivity contribution in [2.24, 2.45) is 5.73 Å². The molecule has 0 saturated heterocycles. The van der Waals surface area contributed by atoms with Crippen LogP contribution in [0.5, 0.6) is 0 Å². The van der Waals surface area contributed by atoms with E-state index in [0.29, 0.717) is 0 Å². The van der Waals surface area contributed by atoms with Crippen molar-refractivity contribution in [3.05, 3.63) is 29.8 Å². The standard InChI is InChI=1S/C15H24N2/c1-4-17(5-2)14-8-6-7-13(11-14)15(9-10-15)12(3)16/h6-8,11-12H,4-5,9-10,16H2,1-3H3. The molecule has 1 fully saturated rings. The van der Waals surface area contributed by atoms with E-state index in [1.54, 1.807) is 0 Å². The van der Waals surface area contributed by atoms with Crippen LogP contribution in [0.15, 0.2) is 24.3 Å². The molecule has 1 unspecified atom stereocenters. The van der Waals surface area contributed by atoms with Gasteiger partial charge >= 0.3 is 0 Å². The first-order valence-corrected chi connectivity index (χ1v) is 6.75. The number of rotatable bonds is 5. The third-order valence-corrected chi connectivity index (χ3v) is 4.21. The summed E-state index contributed by atoms with van der Waals surface area (Å²) in [5, 5.41) is 0. The smallest absolute Gasteiger partial charge is 0.0368 e. The van der Waals surface area contributed by atoms with E-state index in [9.17, 15) is 0 Å². The monoisotopic (exact) mass is 232 g/mol. The minimum absolute atomic E-state index is 0.259. The van der Waals surface area contributed by atoms with Gasteiger partial charge < -0.3 is 10.6 Å². The molecule has 17 heavy (non-hydrogen) atoms. The van der Waals surface area contributed by atoms with Gasteiger partial charge in [-0.2, -0.15) is 0 Å². The maximum atomic E-state index is 6.14. The van der Waals surface area contributed by atoms with Crippen LogP contribution < -0.4 is 10.6 Å². The average molecular weight is 232 g/mol. The van der Waals surface area contributed by atoms with Crippen LogP contribution in [0.1, 0.15) is 39.2 Å². The summed E-state index contributed by atoms with van der Waals surface area (Å²) in [7, 11) is 0. The lowest BCUT2D eigenvalue weighted by atomic mass is 9.89. The van der Waals surface area contributed by atoms with Crippen molar-refractivity contribution in [3.8, 4) is 0 Å². The van der Waals surface area contributed by atoms with Crippen LogP contribution in [0.4, 0.5) is 5.69 Å². The number of nitrogens with two attached hydrogens (primary N) is 1. The maximum Gasteiger partial charge on any atom is 0.0368 e. The predicted molar refractivity (Wildman–Crippen MR) is 74.6 cm³/mol. The summed E-state index contributed by atoms with van der Waals surface area (Å²) in [6.45, 7) is 8.66. The van der Waals surface area contributed by atoms with Gasteiger partial charge in [-0.3, -0.25) is 0 Å². The average Bonchev–Trinajstić information content (AvgIpc) is 3.12. The molecule has 1 aromatic rings. The van der Waals surface area contributed by atoms with Crippen molar-refractivity contribution >= 4 is 5.69 Å². The SMILES string of the molecule is CCN(CC)c1cccc(C2(C(C)N)CC2)c1. The molecule has 0 aromatic heterocycles. The van der Waals surface area contributed by atoms with Crippen molar-refractivity contribution < 1.29 is 0 Å². The van der Waals surface area contributed by atoms with Crippen LogP contribution in [0.25, 0.3) is 0 Å². The fraction of sp³-hybridized carbons (Fsp3) is 0.600. The van der Waals surface area contributed by atoms with Gasteiger partial charge in [-0.1, -0.05) is 12.1 Å². The van der Waals surface area contributed by atoms with Gasteiger partial charge in [0.2, 0.25) is 0 Å². The van der Waals surface area contributed by atoms with Crippen LogP contribution >= 0.6 is 0 Å². The van der Waals surface area contributed by atoms with Crippen LogP contribution in [-0.2, 0) is 5.41 Å². The molecule has 1 atom stereocenters. The molecule has 1 aliphatic rings. The van der Waals surface area contributed by atoms with E-state index in [4.69, 9.17) is 5.73 Å². The van der Waals surface area contributed by atoms with Crippen LogP contribution in [0.3, 0.4) is 0 Å². The van der Waals surface area contributed by atoms with Crippen LogP contribution in [0.2, 0.25) is 0 Å². The Bertz CT molecular complexity index is 376. The van der Waals surface area contributed by atoms with E-state index < -0.39 is 0 Å². The normalized spacial score (nSPS) is 18.8. The molecule has 0 aliphatic heterocycles. The minimum Gasteiger partial charge on any atom is -0.372 e. The fourth-order valence-corrected chi connectivity index (χ4v) is 2.74. The molecule has 94 valence electrons. The molecule has 0 spiro atoms. The zero-order valence-electron chi connectivity index (χ0n) is 11.2. The number of hydrogen-bond acceptors (Lipinski definition) is 2. The van der Waals surface area contributed by atoms with Crippen molar-refractivity contribution in [2.75, 3.05) is 18.0 Å². The Labute approximate surface area is 105 Å². The van der Waals surface area contributed by atoms with Gasteiger partial charge in [-0.25, -0.2) is 0 Å². The summed E-state index contributed by atoms with van der Waals surface area (Å²) in [5.74, 6) is 0. The Balaban J connectivity index is 2.29. The first-order valence-electron chi connectivity index (χ1n) is 6.75.